The number of carboxylic acids is 1. The van der Waals surface area contributed by atoms with Crippen LogP contribution in [0.15, 0.2) is 24.5 Å². The van der Waals surface area contributed by atoms with Crippen LogP contribution in [0.3, 0.4) is 0 Å². The largest absolute Gasteiger partial charge is 0.478 e. The second-order valence-corrected chi connectivity index (χ2v) is 5.08. The fourth-order valence-corrected chi connectivity index (χ4v) is 2.59. The van der Waals surface area contributed by atoms with E-state index in [2.05, 4.69) is 21.8 Å². The Balaban J connectivity index is 2.00. The summed E-state index contributed by atoms with van der Waals surface area (Å²) in [7, 11) is 0. The molecule has 6 heteroatoms. The highest BCUT2D eigenvalue weighted by atomic mass is 16.5. The molecular formula is C15H17N3O3. The lowest BCUT2D eigenvalue weighted by molar-refractivity contribution is 0.0382. The lowest BCUT2D eigenvalue weighted by Crippen LogP contribution is -2.42. The minimum atomic E-state index is -0.950. The molecule has 0 saturated carbocycles. The first kappa shape index (κ1) is 13.8. The number of aromatic carboxylic acids is 1. The summed E-state index contributed by atoms with van der Waals surface area (Å²) in [6.45, 7) is 4.36. The maximum Gasteiger partial charge on any atom is 0.335 e. The summed E-state index contributed by atoms with van der Waals surface area (Å²) in [4.78, 5) is 21.8. The quantitative estimate of drug-likeness (QED) is 0.929. The van der Waals surface area contributed by atoms with Crippen molar-refractivity contribution in [3.8, 4) is 0 Å². The van der Waals surface area contributed by atoms with Crippen molar-refractivity contribution in [2.45, 2.75) is 19.4 Å². The van der Waals surface area contributed by atoms with Gasteiger partial charge in [0, 0.05) is 18.5 Å². The van der Waals surface area contributed by atoms with Gasteiger partial charge in [0.05, 0.1) is 23.8 Å². The number of morpholine rings is 1. The first-order valence-corrected chi connectivity index (χ1v) is 7.03. The molecule has 1 fully saturated rings. The molecule has 2 aromatic rings. The van der Waals surface area contributed by atoms with Crippen LogP contribution in [0.25, 0.3) is 10.9 Å². The summed E-state index contributed by atoms with van der Waals surface area (Å²) >= 11 is 0. The molecule has 6 nitrogen and oxygen atoms in total. The van der Waals surface area contributed by atoms with Crippen molar-refractivity contribution < 1.29 is 14.6 Å². The molecule has 0 bridgehead atoms. The van der Waals surface area contributed by atoms with Crippen LogP contribution in [0.1, 0.15) is 23.7 Å². The fourth-order valence-electron chi connectivity index (χ4n) is 2.59. The van der Waals surface area contributed by atoms with E-state index >= 15 is 0 Å². The van der Waals surface area contributed by atoms with Gasteiger partial charge in [-0.15, -0.1) is 0 Å². The number of aromatic nitrogens is 2. The van der Waals surface area contributed by atoms with Crippen LogP contribution >= 0.6 is 0 Å². The van der Waals surface area contributed by atoms with Crippen molar-refractivity contribution >= 4 is 22.7 Å². The van der Waals surface area contributed by atoms with E-state index in [1.807, 2.05) is 0 Å². The van der Waals surface area contributed by atoms with Gasteiger partial charge in [-0.1, -0.05) is 6.92 Å². The SMILES string of the molecule is CCC1CN(c2ncnc3cc(C(=O)O)ccc23)CCO1. The molecular weight excluding hydrogens is 270 g/mol. The summed E-state index contributed by atoms with van der Waals surface area (Å²) in [5, 5.41) is 9.93. The first-order valence-electron chi connectivity index (χ1n) is 7.03. The number of benzene rings is 1. The molecule has 1 aromatic heterocycles. The van der Waals surface area contributed by atoms with Crippen molar-refractivity contribution in [1.29, 1.82) is 0 Å². The molecule has 110 valence electrons. The molecule has 2 heterocycles. The summed E-state index contributed by atoms with van der Waals surface area (Å²) in [5.74, 6) is -0.104. The van der Waals surface area contributed by atoms with Crippen molar-refractivity contribution in [3.63, 3.8) is 0 Å². The molecule has 0 amide bonds. The summed E-state index contributed by atoms with van der Waals surface area (Å²) in [6.07, 6.45) is 2.66. The summed E-state index contributed by atoms with van der Waals surface area (Å²) in [6, 6.07) is 4.96. The van der Waals surface area contributed by atoms with Crippen LogP contribution in [0.2, 0.25) is 0 Å². The number of carbonyl (C=O) groups is 1. The second kappa shape index (κ2) is 5.65. The lowest BCUT2D eigenvalue weighted by Gasteiger charge is -2.33. The molecule has 1 saturated heterocycles. The predicted octanol–water partition coefficient (Wildman–Crippen LogP) is 1.94. The Kier molecular flexibility index (Phi) is 3.70. The summed E-state index contributed by atoms with van der Waals surface area (Å²) in [5.41, 5.74) is 0.889. The number of rotatable bonds is 3. The predicted molar refractivity (Wildman–Crippen MR) is 78.7 cm³/mol. The van der Waals surface area contributed by atoms with E-state index in [1.54, 1.807) is 18.2 Å². The zero-order valence-corrected chi connectivity index (χ0v) is 11.8. The lowest BCUT2D eigenvalue weighted by atomic mass is 10.1. The molecule has 0 spiro atoms. The van der Waals surface area contributed by atoms with E-state index in [9.17, 15) is 4.79 Å². The van der Waals surface area contributed by atoms with Crippen molar-refractivity contribution in [3.05, 3.63) is 30.1 Å². The van der Waals surface area contributed by atoms with E-state index in [0.29, 0.717) is 12.1 Å². The van der Waals surface area contributed by atoms with E-state index in [4.69, 9.17) is 9.84 Å². The number of anilines is 1. The third kappa shape index (κ3) is 2.67. The van der Waals surface area contributed by atoms with Crippen LogP contribution < -0.4 is 4.90 Å². The van der Waals surface area contributed by atoms with Crippen LogP contribution in [-0.2, 0) is 4.74 Å². The molecule has 1 aliphatic heterocycles. The van der Waals surface area contributed by atoms with Crippen molar-refractivity contribution in [1.82, 2.24) is 9.97 Å². The van der Waals surface area contributed by atoms with Gasteiger partial charge in [-0.3, -0.25) is 0 Å². The number of ether oxygens (including phenoxy) is 1. The van der Waals surface area contributed by atoms with Gasteiger partial charge in [0.25, 0.3) is 0 Å². The molecule has 1 aromatic carbocycles. The standard InChI is InChI=1S/C15H17N3O3/c1-2-11-8-18(5-6-21-11)14-12-4-3-10(15(19)20)7-13(12)16-9-17-14/h3-4,7,9,11H,2,5-6,8H2,1H3,(H,19,20). The minimum absolute atomic E-state index is 0.210. The van der Waals surface area contributed by atoms with E-state index in [1.165, 1.54) is 6.33 Å². The van der Waals surface area contributed by atoms with Crippen LogP contribution in [0.5, 0.6) is 0 Å². The van der Waals surface area contributed by atoms with E-state index in [0.717, 1.165) is 30.7 Å². The zero-order valence-electron chi connectivity index (χ0n) is 11.8. The highest BCUT2D eigenvalue weighted by Crippen LogP contribution is 2.25. The highest BCUT2D eigenvalue weighted by molar-refractivity contribution is 5.96. The van der Waals surface area contributed by atoms with E-state index in [-0.39, 0.29) is 11.7 Å². The molecule has 1 unspecified atom stereocenters. The van der Waals surface area contributed by atoms with Gasteiger partial charge in [0.1, 0.15) is 12.1 Å². The van der Waals surface area contributed by atoms with Gasteiger partial charge < -0.3 is 14.7 Å². The average molecular weight is 287 g/mol. The Morgan fingerprint density at radius 3 is 3.10 bits per heavy atom. The molecule has 0 aliphatic carbocycles. The molecule has 3 rings (SSSR count). The number of carboxylic acid groups (broad SMARTS) is 1. The van der Waals surface area contributed by atoms with Crippen LogP contribution in [0, 0.1) is 0 Å². The zero-order chi connectivity index (χ0) is 14.8. The third-order valence-corrected chi connectivity index (χ3v) is 3.76. The fraction of sp³-hybridized carbons (Fsp3) is 0.400. The summed E-state index contributed by atoms with van der Waals surface area (Å²) < 4.78 is 5.68. The van der Waals surface area contributed by atoms with Gasteiger partial charge in [-0.2, -0.15) is 0 Å². The Morgan fingerprint density at radius 1 is 1.48 bits per heavy atom. The Hall–Kier alpha value is -2.21. The van der Waals surface area contributed by atoms with Gasteiger partial charge in [-0.05, 0) is 24.6 Å². The number of hydrogen-bond donors (Lipinski definition) is 1. The molecule has 21 heavy (non-hydrogen) atoms. The Morgan fingerprint density at radius 2 is 2.33 bits per heavy atom. The van der Waals surface area contributed by atoms with Crippen LogP contribution in [0.4, 0.5) is 5.82 Å². The second-order valence-electron chi connectivity index (χ2n) is 5.08. The molecule has 1 atom stereocenters. The van der Waals surface area contributed by atoms with Crippen molar-refractivity contribution in [2.24, 2.45) is 0 Å². The van der Waals surface area contributed by atoms with Gasteiger partial charge in [-0.25, -0.2) is 14.8 Å². The highest BCUT2D eigenvalue weighted by Gasteiger charge is 2.22. The number of fused-ring (bicyclic) bond motifs is 1. The molecule has 1 aliphatic rings. The monoisotopic (exact) mass is 287 g/mol. The normalized spacial score (nSPS) is 18.9. The molecule has 0 radical (unpaired) electrons. The topological polar surface area (TPSA) is 75.6 Å². The molecule has 1 N–H and O–H groups in total. The van der Waals surface area contributed by atoms with Gasteiger partial charge in [0.15, 0.2) is 0 Å². The third-order valence-electron chi connectivity index (χ3n) is 3.76. The van der Waals surface area contributed by atoms with Gasteiger partial charge in [0.2, 0.25) is 0 Å². The Labute approximate surface area is 122 Å². The number of hydrogen-bond acceptors (Lipinski definition) is 5. The van der Waals surface area contributed by atoms with E-state index < -0.39 is 5.97 Å². The maximum absolute atomic E-state index is 11.0. The van der Waals surface area contributed by atoms with Gasteiger partial charge >= 0.3 is 5.97 Å². The maximum atomic E-state index is 11.0. The number of nitrogens with zero attached hydrogens (tertiary/aromatic N) is 3. The Bertz CT molecular complexity index is 674. The van der Waals surface area contributed by atoms with Crippen molar-refractivity contribution in [2.75, 3.05) is 24.6 Å². The van der Waals surface area contributed by atoms with Crippen LogP contribution in [-0.4, -0.2) is 46.8 Å². The smallest absolute Gasteiger partial charge is 0.335 e. The first-order chi connectivity index (χ1) is 10.2. The average Bonchev–Trinajstić information content (AvgIpc) is 2.53. The minimum Gasteiger partial charge on any atom is -0.478 e.